The summed E-state index contributed by atoms with van der Waals surface area (Å²) in [6.07, 6.45) is 2.65. The Morgan fingerprint density at radius 1 is 1.47 bits per heavy atom. The second-order valence-corrected chi connectivity index (χ2v) is 5.06. The van der Waals surface area contributed by atoms with E-state index in [0.29, 0.717) is 12.1 Å². The molecule has 1 fully saturated rings. The summed E-state index contributed by atoms with van der Waals surface area (Å²) < 4.78 is 0. The predicted octanol–water partition coefficient (Wildman–Crippen LogP) is 3.35. The predicted molar refractivity (Wildman–Crippen MR) is 74.6 cm³/mol. The third kappa shape index (κ3) is 2.81. The number of nitrogens with zero attached hydrogens (tertiary/aromatic N) is 1. The van der Waals surface area contributed by atoms with Crippen LogP contribution >= 0.6 is 0 Å². The monoisotopic (exact) mass is 232 g/mol. The molecule has 0 aromatic heterocycles. The van der Waals surface area contributed by atoms with Gasteiger partial charge < -0.3 is 10.2 Å². The topological polar surface area (TPSA) is 15.3 Å². The Kier molecular flexibility index (Phi) is 4.06. The van der Waals surface area contributed by atoms with Crippen molar-refractivity contribution in [2.24, 2.45) is 0 Å². The molecule has 2 heteroatoms. The van der Waals surface area contributed by atoms with Crippen LogP contribution in [-0.2, 0) is 0 Å². The fraction of sp³-hybridized carbons (Fsp3) is 0.600. The SMILES string of the molecule is CCNC(C)c1cccc(N2CCCC2C)c1. The van der Waals surface area contributed by atoms with Crippen LogP contribution in [0.2, 0.25) is 0 Å². The Labute approximate surface area is 105 Å². The van der Waals surface area contributed by atoms with Crippen molar-refractivity contribution in [1.29, 1.82) is 0 Å². The highest BCUT2D eigenvalue weighted by Gasteiger charge is 2.20. The maximum atomic E-state index is 3.47. The Morgan fingerprint density at radius 2 is 2.29 bits per heavy atom. The van der Waals surface area contributed by atoms with Crippen LogP contribution in [0, 0.1) is 0 Å². The molecule has 1 heterocycles. The van der Waals surface area contributed by atoms with E-state index >= 15 is 0 Å². The van der Waals surface area contributed by atoms with Crippen molar-refractivity contribution in [3.8, 4) is 0 Å². The smallest absolute Gasteiger partial charge is 0.0371 e. The molecule has 2 rings (SSSR count). The van der Waals surface area contributed by atoms with Gasteiger partial charge in [-0.05, 0) is 50.9 Å². The van der Waals surface area contributed by atoms with Crippen LogP contribution in [-0.4, -0.2) is 19.1 Å². The second-order valence-electron chi connectivity index (χ2n) is 5.06. The van der Waals surface area contributed by atoms with E-state index in [2.05, 4.69) is 55.3 Å². The lowest BCUT2D eigenvalue weighted by molar-refractivity contribution is 0.597. The van der Waals surface area contributed by atoms with Gasteiger partial charge in [-0.1, -0.05) is 19.1 Å². The molecule has 2 atom stereocenters. The number of hydrogen-bond donors (Lipinski definition) is 1. The minimum atomic E-state index is 0.442. The van der Waals surface area contributed by atoms with Gasteiger partial charge in [0.2, 0.25) is 0 Å². The third-order valence-electron chi connectivity index (χ3n) is 3.77. The summed E-state index contributed by atoms with van der Waals surface area (Å²) in [5, 5.41) is 3.47. The zero-order valence-corrected chi connectivity index (χ0v) is 11.2. The van der Waals surface area contributed by atoms with E-state index in [9.17, 15) is 0 Å². The first kappa shape index (κ1) is 12.4. The first-order chi connectivity index (χ1) is 8.22. The van der Waals surface area contributed by atoms with E-state index < -0.39 is 0 Å². The summed E-state index contributed by atoms with van der Waals surface area (Å²) in [5.41, 5.74) is 2.78. The van der Waals surface area contributed by atoms with Crippen LogP contribution in [0.3, 0.4) is 0 Å². The summed E-state index contributed by atoms with van der Waals surface area (Å²) in [6.45, 7) is 8.94. The van der Waals surface area contributed by atoms with Gasteiger partial charge in [0.15, 0.2) is 0 Å². The minimum Gasteiger partial charge on any atom is -0.369 e. The van der Waals surface area contributed by atoms with Crippen LogP contribution in [0.15, 0.2) is 24.3 Å². The molecule has 0 spiro atoms. The van der Waals surface area contributed by atoms with E-state index in [-0.39, 0.29) is 0 Å². The lowest BCUT2D eigenvalue weighted by Crippen LogP contribution is -2.26. The molecule has 17 heavy (non-hydrogen) atoms. The average Bonchev–Trinajstić information content (AvgIpc) is 2.76. The molecule has 0 bridgehead atoms. The Morgan fingerprint density at radius 3 is 2.94 bits per heavy atom. The van der Waals surface area contributed by atoms with E-state index in [1.165, 1.54) is 30.6 Å². The van der Waals surface area contributed by atoms with Crippen molar-refractivity contribution >= 4 is 5.69 Å². The Hall–Kier alpha value is -1.02. The van der Waals surface area contributed by atoms with Gasteiger partial charge in [-0.2, -0.15) is 0 Å². The lowest BCUT2D eigenvalue weighted by Gasteiger charge is -2.25. The number of benzene rings is 1. The van der Waals surface area contributed by atoms with Gasteiger partial charge in [-0.15, -0.1) is 0 Å². The van der Waals surface area contributed by atoms with Gasteiger partial charge >= 0.3 is 0 Å². The number of anilines is 1. The van der Waals surface area contributed by atoms with Gasteiger partial charge in [-0.25, -0.2) is 0 Å². The largest absolute Gasteiger partial charge is 0.369 e. The summed E-state index contributed by atoms with van der Waals surface area (Å²) in [4.78, 5) is 2.53. The molecule has 2 nitrogen and oxygen atoms in total. The summed E-state index contributed by atoms with van der Waals surface area (Å²) >= 11 is 0. The molecule has 1 aliphatic heterocycles. The van der Waals surface area contributed by atoms with E-state index in [1.54, 1.807) is 0 Å². The minimum absolute atomic E-state index is 0.442. The molecule has 0 saturated carbocycles. The van der Waals surface area contributed by atoms with Crippen molar-refractivity contribution in [3.05, 3.63) is 29.8 Å². The van der Waals surface area contributed by atoms with E-state index in [4.69, 9.17) is 0 Å². The molecule has 1 aliphatic rings. The van der Waals surface area contributed by atoms with Crippen molar-refractivity contribution in [2.75, 3.05) is 18.0 Å². The molecule has 0 amide bonds. The molecule has 94 valence electrons. The van der Waals surface area contributed by atoms with E-state index in [0.717, 1.165) is 6.54 Å². The summed E-state index contributed by atoms with van der Waals surface area (Å²) in [7, 11) is 0. The molecule has 0 aliphatic carbocycles. The second kappa shape index (κ2) is 5.54. The Balaban J connectivity index is 2.16. The molecule has 0 radical (unpaired) electrons. The van der Waals surface area contributed by atoms with E-state index in [1.807, 2.05) is 0 Å². The molecule has 1 N–H and O–H groups in total. The first-order valence-corrected chi connectivity index (χ1v) is 6.82. The number of nitrogens with one attached hydrogen (secondary N) is 1. The summed E-state index contributed by atoms with van der Waals surface area (Å²) in [6, 6.07) is 10.1. The quantitative estimate of drug-likeness (QED) is 0.856. The highest BCUT2D eigenvalue weighted by Crippen LogP contribution is 2.27. The molecule has 1 aromatic carbocycles. The molecular weight excluding hydrogens is 208 g/mol. The zero-order valence-electron chi connectivity index (χ0n) is 11.2. The van der Waals surface area contributed by atoms with Crippen molar-refractivity contribution in [1.82, 2.24) is 5.32 Å². The fourth-order valence-electron chi connectivity index (χ4n) is 2.71. The van der Waals surface area contributed by atoms with Gasteiger partial charge in [0, 0.05) is 24.3 Å². The van der Waals surface area contributed by atoms with Gasteiger partial charge in [-0.3, -0.25) is 0 Å². The Bertz CT molecular complexity index is 362. The normalized spacial score (nSPS) is 21.8. The van der Waals surface area contributed by atoms with Crippen LogP contribution < -0.4 is 10.2 Å². The lowest BCUT2D eigenvalue weighted by atomic mass is 10.1. The summed E-state index contributed by atoms with van der Waals surface area (Å²) in [5.74, 6) is 0. The van der Waals surface area contributed by atoms with Crippen LogP contribution in [0.4, 0.5) is 5.69 Å². The maximum Gasteiger partial charge on any atom is 0.0371 e. The maximum absolute atomic E-state index is 3.47. The average molecular weight is 232 g/mol. The van der Waals surface area contributed by atoms with Crippen molar-refractivity contribution < 1.29 is 0 Å². The highest BCUT2D eigenvalue weighted by atomic mass is 15.2. The molecule has 2 unspecified atom stereocenters. The van der Waals surface area contributed by atoms with Gasteiger partial charge in [0.05, 0.1) is 0 Å². The number of hydrogen-bond acceptors (Lipinski definition) is 2. The van der Waals surface area contributed by atoms with Crippen LogP contribution in [0.5, 0.6) is 0 Å². The van der Waals surface area contributed by atoms with Crippen molar-refractivity contribution in [3.63, 3.8) is 0 Å². The highest BCUT2D eigenvalue weighted by molar-refractivity contribution is 5.50. The van der Waals surface area contributed by atoms with Crippen LogP contribution in [0.25, 0.3) is 0 Å². The molecule has 1 saturated heterocycles. The van der Waals surface area contributed by atoms with Crippen LogP contribution in [0.1, 0.15) is 45.2 Å². The third-order valence-corrected chi connectivity index (χ3v) is 3.77. The number of rotatable bonds is 4. The molecular formula is C15H24N2. The molecule has 1 aromatic rings. The van der Waals surface area contributed by atoms with Gasteiger partial charge in [0.1, 0.15) is 0 Å². The first-order valence-electron chi connectivity index (χ1n) is 6.82. The van der Waals surface area contributed by atoms with Gasteiger partial charge in [0.25, 0.3) is 0 Å². The standard InChI is InChI=1S/C15H24N2/c1-4-16-13(3)14-8-5-9-15(11-14)17-10-6-7-12(17)2/h5,8-9,11-13,16H,4,6-7,10H2,1-3H3. The zero-order chi connectivity index (χ0) is 12.3. The fourth-order valence-corrected chi connectivity index (χ4v) is 2.71. The van der Waals surface area contributed by atoms with Crippen molar-refractivity contribution in [2.45, 2.75) is 45.7 Å².